The third kappa shape index (κ3) is 4.36. The second-order valence-corrected chi connectivity index (χ2v) is 4.56. The Morgan fingerprint density at radius 2 is 1.76 bits per heavy atom. The molecule has 0 spiro atoms. The third-order valence-corrected chi connectivity index (χ3v) is 2.98. The summed E-state index contributed by atoms with van der Waals surface area (Å²) in [7, 11) is 0. The number of benzene rings is 2. The summed E-state index contributed by atoms with van der Waals surface area (Å²) in [6.45, 7) is 2.47. The van der Waals surface area contributed by atoms with Gasteiger partial charge in [0, 0.05) is 11.6 Å². The zero-order chi connectivity index (χ0) is 15.1. The molecule has 108 valence electrons. The summed E-state index contributed by atoms with van der Waals surface area (Å²) in [5, 5.41) is 0.397. The van der Waals surface area contributed by atoms with E-state index in [2.05, 4.69) is 0 Å². The fraction of sp³-hybridized carbons (Fsp3) is 0.118. The van der Waals surface area contributed by atoms with Crippen molar-refractivity contribution >= 4 is 23.6 Å². The molecule has 0 saturated heterocycles. The van der Waals surface area contributed by atoms with Gasteiger partial charge in [-0.3, -0.25) is 0 Å². The third-order valence-electron chi connectivity index (χ3n) is 2.67. The minimum absolute atomic E-state index is 0.340. The second-order valence-electron chi connectivity index (χ2n) is 4.16. The minimum atomic E-state index is -0.491. The van der Waals surface area contributed by atoms with Crippen molar-refractivity contribution in [2.24, 2.45) is 0 Å². The molecular weight excluding hydrogens is 288 g/mol. The van der Waals surface area contributed by atoms with Crippen LogP contribution < -0.4 is 9.47 Å². The van der Waals surface area contributed by atoms with Crippen LogP contribution in [0.4, 0.5) is 0 Å². The fourth-order valence-electron chi connectivity index (χ4n) is 1.73. The summed E-state index contributed by atoms with van der Waals surface area (Å²) in [4.78, 5) is 11.8. The van der Waals surface area contributed by atoms with Crippen molar-refractivity contribution in [1.29, 1.82) is 0 Å². The predicted molar refractivity (Wildman–Crippen MR) is 83.7 cm³/mol. The first-order chi connectivity index (χ1) is 10.2. The van der Waals surface area contributed by atoms with Crippen molar-refractivity contribution in [1.82, 2.24) is 0 Å². The van der Waals surface area contributed by atoms with Gasteiger partial charge >= 0.3 is 5.97 Å². The second kappa shape index (κ2) is 7.50. The number of hydrogen-bond acceptors (Lipinski definition) is 3. The van der Waals surface area contributed by atoms with E-state index in [0.717, 1.165) is 11.3 Å². The number of halogens is 1. The molecule has 0 bridgehead atoms. The Labute approximate surface area is 128 Å². The van der Waals surface area contributed by atoms with Gasteiger partial charge in [0.2, 0.25) is 0 Å². The van der Waals surface area contributed by atoms with E-state index in [0.29, 0.717) is 17.4 Å². The monoisotopic (exact) mass is 302 g/mol. The first kappa shape index (κ1) is 15.1. The number of rotatable bonds is 5. The molecule has 0 aromatic heterocycles. The van der Waals surface area contributed by atoms with Crippen molar-refractivity contribution in [3.63, 3.8) is 0 Å². The maximum absolute atomic E-state index is 11.8. The summed E-state index contributed by atoms with van der Waals surface area (Å²) in [6, 6.07) is 14.3. The zero-order valence-corrected chi connectivity index (χ0v) is 12.3. The summed E-state index contributed by atoms with van der Waals surface area (Å²) in [5.74, 6) is 0.572. The molecule has 2 aromatic rings. The molecule has 0 amide bonds. The highest BCUT2D eigenvalue weighted by Crippen LogP contribution is 2.24. The van der Waals surface area contributed by atoms with E-state index in [1.807, 2.05) is 31.2 Å². The van der Waals surface area contributed by atoms with Crippen LogP contribution >= 0.6 is 11.6 Å². The van der Waals surface area contributed by atoms with Crippen LogP contribution in [0.1, 0.15) is 12.5 Å². The molecule has 0 aliphatic heterocycles. The van der Waals surface area contributed by atoms with Crippen LogP contribution in [-0.2, 0) is 4.79 Å². The van der Waals surface area contributed by atoms with Gasteiger partial charge in [-0.05, 0) is 31.2 Å². The molecule has 21 heavy (non-hydrogen) atoms. The summed E-state index contributed by atoms with van der Waals surface area (Å²) >= 11 is 5.93. The Balaban J connectivity index is 2.07. The molecule has 0 fully saturated rings. The van der Waals surface area contributed by atoms with Gasteiger partial charge in [0.05, 0.1) is 11.6 Å². The van der Waals surface area contributed by atoms with E-state index >= 15 is 0 Å². The lowest BCUT2D eigenvalue weighted by molar-refractivity contribution is -0.128. The van der Waals surface area contributed by atoms with Crippen LogP contribution in [0.3, 0.4) is 0 Å². The Kier molecular flexibility index (Phi) is 5.41. The molecule has 2 rings (SSSR count). The van der Waals surface area contributed by atoms with Crippen molar-refractivity contribution < 1.29 is 14.3 Å². The van der Waals surface area contributed by atoms with E-state index < -0.39 is 5.97 Å². The van der Waals surface area contributed by atoms with Gasteiger partial charge in [-0.2, -0.15) is 0 Å². The first-order valence-electron chi connectivity index (χ1n) is 6.57. The molecule has 3 nitrogen and oxygen atoms in total. The molecule has 4 heteroatoms. The molecule has 0 aliphatic carbocycles. The minimum Gasteiger partial charge on any atom is -0.493 e. The molecule has 0 atom stereocenters. The summed E-state index contributed by atoms with van der Waals surface area (Å²) in [5.41, 5.74) is 0.815. The maximum Gasteiger partial charge on any atom is 0.336 e. The lowest BCUT2D eigenvalue weighted by Crippen LogP contribution is -2.04. The molecule has 0 unspecified atom stereocenters. The molecule has 0 N–H and O–H groups in total. The molecular formula is C17H15ClO3. The van der Waals surface area contributed by atoms with Crippen molar-refractivity contribution in [3.8, 4) is 11.5 Å². The van der Waals surface area contributed by atoms with Crippen molar-refractivity contribution in [2.45, 2.75) is 6.92 Å². The number of hydrogen-bond donors (Lipinski definition) is 0. The van der Waals surface area contributed by atoms with E-state index in [1.54, 1.807) is 30.3 Å². The van der Waals surface area contributed by atoms with Crippen LogP contribution in [0, 0.1) is 0 Å². The Hall–Kier alpha value is -2.26. The number of esters is 1. The van der Waals surface area contributed by atoms with E-state index in [9.17, 15) is 4.79 Å². The van der Waals surface area contributed by atoms with Crippen molar-refractivity contribution in [2.75, 3.05) is 6.61 Å². The van der Waals surface area contributed by atoms with E-state index in [-0.39, 0.29) is 0 Å². The summed E-state index contributed by atoms with van der Waals surface area (Å²) in [6.07, 6.45) is 3.01. The number of ether oxygens (including phenoxy) is 2. The average Bonchev–Trinajstić information content (AvgIpc) is 2.49. The maximum atomic E-state index is 11.8. The Morgan fingerprint density at radius 1 is 1.10 bits per heavy atom. The van der Waals surface area contributed by atoms with Crippen LogP contribution in [-0.4, -0.2) is 12.6 Å². The first-order valence-corrected chi connectivity index (χ1v) is 6.94. The highest BCUT2D eigenvalue weighted by molar-refractivity contribution is 6.32. The van der Waals surface area contributed by atoms with Gasteiger partial charge in [-0.15, -0.1) is 0 Å². The molecule has 0 saturated carbocycles. The fourth-order valence-corrected chi connectivity index (χ4v) is 1.91. The standard InChI is InChI=1S/C17H15ClO3/c1-2-20-15-9-5-3-7-13(15)11-12-17(19)21-16-10-6-4-8-14(16)18/h3-12H,2H2,1H3/b12-11+. The normalized spacial score (nSPS) is 10.6. The van der Waals surface area contributed by atoms with Gasteiger partial charge < -0.3 is 9.47 Å². The number of para-hydroxylation sites is 2. The lowest BCUT2D eigenvalue weighted by atomic mass is 10.2. The lowest BCUT2D eigenvalue weighted by Gasteiger charge is -2.06. The Morgan fingerprint density at radius 3 is 2.48 bits per heavy atom. The highest BCUT2D eigenvalue weighted by atomic mass is 35.5. The predicted octanol–water partition coefficient (Wildman–Crippen LogP) is 4.36. The van der Waals surface area contributed by atoms with Crippen LogP contribution in [0.15, 0.2) is 54.6 Å². The largest absolute Gasteiger partial charge is 0.493 e. The van der Waals surface area contributed by atoms with Crippen LogP contribution in [0.25, 0.3) is 6.08 Å². The molecule has 0 radical (unpaired) electrons. The number of carbonyl (C=O) groups excluding carboxylic acids is 1. The van der Waals surface area contributed by atoms with Gasteiger partial charge in [0.15, 0.2) is 0 Å². The van der Waals surface area contributed by atoms with E-state index in [4.69, 9.17) is 21.1 Å². The topological polar surface area (TPSA) is 35.5 Å². The van der Waals surface area contributed by atoms with Gasteiger partial charge in [0.25, 0.3) is 0 Å². The van der Waals surface area contributed by atoms with Crippen LogP contribution in [0.5, 0.6) is 11.5 Å². The van der Waals surface area contributed by atoms with Gasteiger partial charge in [-0.25, -0.2) is 4.79 Å². The average molecular weight is 303 g/mol. The van der Waals surface area contributed by atoms with E-state index in [1.165, 1.54) is 6.08 Å². The van der Waals surface area contributed by atoms with Gasteiger partial charge in [0.1, 0.15) is 11.5 Å². The SMILES string of the molecule is CCOc1ccccc1/C=C/C(=O)Oc1ccccc1Cl. The van der Waals surface area contributed by atoms with Gasteiger partial charge in [-0.1, -0.05) is 41.9 Å². The quantitative estimate of drug-likeness (QED) is 0.468. The smallest absolute Gasteiger partial charge is 0.336 e. The van der Waals surface area contributed by atoms with Crippen LogP contribution in [0.2, 0.25) is 5.02 Å². The molecule has 2 aromatic carbocycles. The summed E-state index contributed by atoms with van der Waals surface area (Å²) < 4.78 is 10.7. The molecule has 0 heterocycles. The number of carbonyl (C=O) groups is 1. The Bertz CT molecular complexity index is 650. The van der Waals surface area contributed by atoms with Crippen molar-refractivity contribution in [3.05, 3.63) is 65.2 Å². The molecule has 0 aliphatic rings. The highest BCUT2D eigenvalue weighted by Gasteiger charge is 2.05. The zero-order valence-electron chi connectivity index (χ0n) is 11.6.